The van der Waals surface area contributed by atoms with Gasteiger partial charge in [-0.15, -0.1) is 0 Å². The Labute approximate surface area is 146 Å². The van der Waals surface area contributed by atoms with Crippen LogP contribution in [0.15, 0.2) is 36.7 Å². The maximum absolute atomic E-state index is 11.6. The van der Waals surface area contributed by atoms with Crippen molar-refractivity contribution in [2.45, 2.75) is 19.8 Å². The van der Waals surface area contributed by atoms with E-state index in [1.54, 1.807) is 6.20 Å². The van der Waals surface area contributed by atoms with Crippen LogP contribution in [0.2, 0.25) is 5.02 Å². The number of nitrogens with zero attached hydrogens (tertiary/aromatic N) is 2. The smallest absolute Gasteiger partial charge is 0.305 e. The molecule has 0 amide bonds. The predicted octanol–water partition coefficient (Wildman–Crippen LogP) is 4.31. The van der Waals surface area contributed by atoms with Gasteiger partial charge in [-0.1, -0.05) is 11.6 Å². The molecule has 0 aliphatic rings. The molecule has 0 spiro atoms. The number of carbonyl (C=O) groups is 1. The summed E-state index contributed by atoms with van der Waals surface area (Å²) in [6.45, 7) is 2.06. The van der Waals surface area contributed by atoms with Gasteiger partial charge in [-0.25, -0.2) is 0 Å². The number of ether oxygens (including phenoxy) is 1. The SMILES string of the molecule is COC(=O)CCc1c(-c2cnccc2C)n(C)c2ccc(Cl)cc12. The Hall–Kier alpha value is -2.33. The number of pyridine rings is 1. The van der Waals surface area contributed by atoms with Crippen LogP contribution in [0.25, 0.3) is 22.2 Å². The van der Waals surface area contributed by atoms with Crippen LogP contribution in [0.4, 0.5) is 0 Å². The van der Waals surface area contributed by atoms with Crippen LogP contribution in [0.1, 0.15) is 17.5 Å². The maximum atomic E-state index is 11.6. The van der Waals surface area contributed by atoms with E-state index in [0.29, 0.717) is 17.9 Å². The van der Waals surface area contributed by atoms with E-state index in [2.05, 4.69) is 16.5 Å². The van der Waals surface area contributed by atoms with Crippen LogP contribution >= 0.6 is 11.6 Å². The number of carbonyl (C=O) groups excluding carboxylic acids is 1. The van der Waals surface area contributed by atoms with Gasteiger partial charge in [0.2, 0.25) is 0 Å². The van der Waals surface area contributed by atoms with Gasteiger partial charge in [0.25, 0.3) is 0 Å². The largest absolute Gasteiger partial charge is 0.469 e. The normalized spacial score (nSPS) is 11.0. The fourth-order valence-corrected chi connectivity index (χ4v) is 3.30. The van der Waals surface area contributed by atoms with Crippen molar-refractivity contribution in [3.63, 3.8) is 0 Å². The molecular weight excluding hydrogens is 324 g/mol. The summed E-state index contributed by atoms with van der Waals surface area (Å²) in [5.74, 6) is -0.220. The molecule has 0 saturated heterocycles. The van der Waals surface area contributed by atoms with E-state index in [9.17, 15) is 4.79 Å². The second-order valence-corrected chi connectivity index (χ2v) is 6.25. The minimum absolute atomic E-state index is 0.220. The Kier molecular flexibility index (Phi) is 4.58. The van der Waals surface area contributed by atoms with Crippen LogP contribution in [0, 0.1) is 6.92 Å². The summed E-state index contributed by atoms with van der Waals surface area (Å²) in [7, 11) is 3.44. The van der Waals surface area contributed by atoms with Crippen LogP contribution in [0.3, 0.4) is 0 Å². The molecule has 3 aromatic rings. The molecule has 0 N–H and O–H groups in total. The van der Waals surface area contributed by atoms with Gasteiger partial charge < -0.3 is 9.30 Å². The highest BCUT2D eigenvalue weighted by molar-refractivity contribution is 6.31. The monoisotopic (exact) mass is 342 g/mol. The van der Waals surface area contributed by atoms with Crippen molar-refractivity contribution in [2.75, 3.05) is 7.11 Å². The summed E-state index contributed by atoms with van der Waals surface area (Å²) in [5, 5.41) is 1.74. The highest BCUT2D eigenvalue weighted by Gasteiger charge is 2.19. The zero-order chi connectivity index (χ0) is 17.3. The van der Waals surface area contributed by atoms with E-state index in [1.807, 2.05) is 37.5 Å². The number of benzene rings is 1. The molecule has 5 heteroatoms. The lowest BCUT2D eigenvalue weighted by molar-refractivity contribution is -0.140. The molecule has 4 nitrogen and oxygen atoms in total. The number of fused-ring (bicyclic) bond motifs is 1. The summed E-state index contributed by atoms with van der Waals surface area (Å²) in [5.41, 5.74) is 5.45. The Morgan fingerprint density at radius 3 is 2.83 bits per heavy atom. The van der Waals surface area contributed by atoms with E-state index in [-0.39, 0.29) is 5.97 Å². The lowest BCUT2D eigenvalue weighted by Crippen LogP contribution is -2.03. The Balaban J connectivity index is 2.24. The second-order valence-electron chi connectivity index (χ2n) is 5.81. The van der Waals surface area contributed by atoms with Crippen molar-refractivity contribution in [1.29, 1.82) is 0 Å². The van der Waals surface area contributed by atoms with Crippen LogP contribution < -0.4 is 0 Å². The molecule has 2 heterocycles. The molecule has 0 atom stereocenters. The van der Waals surface area contributed by atoms with Gasteiger partial charge in [0, 0.05) is 47.4 Å². The molecule has 0 aliphatic heterocycles. The van der Waals surface area contributed by atoms with Gasteiger partial charge >= 0.3 is 5.97 Å². The highest BCUT2D eigenvalue weighted by Crippen LogP contribution is 2.36. The van der Waals surface area contributed by atoms with Gasteiger partial charge in [-0.3, -0.25) is 9.78 Å². The number of aromatic nitrogens is 2. The summed E-state index contributed by atoms with van der Waals surface area (Å²) < 4.78 is 6.94. The van der Waals surface area contributed by atoms with Crippen LogP contribution in [-0.2, 0) is 23.0 Å². The first kappa shape index (κ1) is 16.5. The lowest BCUT2D eigenvalue weighted by Gasteiger charge is -2.10. The van der Waals surface area contributed by atoms with Crippen molar-refractivity contribution < 1.29 is 9.53 Å². The molecule has 0 fully saturated rings. The number of methoxy groups -OCH3 is 1. The molecule has 0 unspecified atom stereocenters. The quantitative estimate of drug-likeness (QED) is 0.664. The third-order valence-corrected chi connectivity index (χ3v) is 4.60. The van der Waals surface area contributed by atoms with Crippen LogP contribution in [-0.4, -0.2) is 22.6 Å². The number of esters is 1. The van der Waals surface area contributed by atoms with E-state index < -0.39 is 0 Å². The van der Waals surface area contributed by atoms with Gasteiger partial charge in [0.05, 0.1) is 12.8 Å². The van der Waals surface area contributed by atoms with Crippen molar-refractivity contribution in [1.82, 2.24) is 9.55 Å². The summed E-state index contributed by atoms with van der Waals surface area (Å²) >= 11 is 6.21. The topological polar surface area (TPSA) is 44.1 Å². The van der Waals surface area contributed by atoms with Crippen molar-refractivity contribution in [2.24, 2.45) is 7.05 Å². The van der Waals surface area contributed by atoms with E-state index in [1.165, 1.54) is 7.11 Å². The van der Waals surface area contributed by atoms with Crippen molar-refractivity contribution in [3.05, 3.63) is 52.8 Å². The molecular formula is C19H19ClN2O2. The molecule has 0 aliphatic carbocycles. The molecule has 0 radical (unpaired) electrons. The fourth-order valence-electron chi connectivity index (χ4n) is 3.13. The molecule has 0 bridgehead atoms. The van der Waals surface area contributed by atoms with Crippen LogP contribution in [0.5, 0.6) is 0 Å². The van der Waals surface area contributed by atoms with E-state index in [4.69, 9.17) is 16.3 Å². The van der Waals surface area contributed by atoms with Gasteiger partial charge in [-0.2, -0.15) is 0 Å². The average molecular weight is 343 g/mol. The molecule has 2 aromatic heterocycles. The first-order valence-corrected chi connectivity index (χ1v) is 8.15. The minimum atomic E-state index is -0.220. The molecule has 1 aromatic carbocycles. The molecule has 124 valence electrons. The average Bonchev–Trinajstić information content (AvgIpc) is 2.84. The maximum Gasteiger partial charge on any atom is 0.305 e. The molecule has 3 rings (SSSR count). The van der Waals surface area contributed by atoms with Gasteiger partial charge in [-0.05, 0) is 48.7 Å². The zero-order valence-corrected chi connectivity index (χ0v) is 14.7. The first-order chi connectivity index (χ1) is 11.5. The van der Waals surface area contributed by atoms with Gasteiger partial charge in [0.15, 0.2) is 0 Å². The number of halogens is 1. The second kappa shape index (κ2) is 6.65. The third kappa shape index (κ3) is 2.89. The standard InChI is InChI=1S/C19H19ClN2O2/c1-12-8-9-21-11-16(12)19-14(5-7-18(23)24-3)15-10-13(20)4-6-17(15)22(19)2/h4,6,8-11H,5,7H2,1-3H3. The van der Waals surface area contributed by atoms with E-state index in [0.717, 1.165) is 33.3 Å². The Morgan fingerprint density at radius 1 is 1.33 bits per heavy atom. The summed E-state index contributed by atoms with van der Waals surface area (Å²) in [4.78, 5) is 15.9. The number of rotatable bonds is 4. The number of aryl methyl sites for hydroxylation is 3. The predicted molar refractivity (Wildman–Crippen MR) is 96.2 cm³/mol. The summed E-state index contributed by atoms with van der Waals surface area (Å²) in [6.07, 6.45) is 4.57. The Bertz CT molecular complexity index is 915. The Morgan fingerprint density at radius 2 is 2.12 bits per heavy atom. The third-order valence-electron chi connectivity index (χ3n) is 4.37. The zero-order valence-electron chi connectivity index (χ0n) is 14.0. The molecule has 24 heavy (non-hydrogen) atoms. The van der Waals surface area contributed by atoms with E-state index >= 15 is 0 Å². The van der Waals surface area contributed by atoms with Gasteiger partial charge in [0.1, 0.15) is 0 Å². The number of hydrogen-bond donors (Lipinski definition) is 0. The van der Waals surface area contributed by atoms with Crippen molar-refractivity contribution >= 4 is 28.5 Å². The van der Waals surface area contributed by atoms with Crippen molar-refractivity contribution in [3.8, 4) is 11.3 Å². The fraction of sp³-hybridized carbons (Fsp3) is 0.263. The first-order valence-electron chi connectivity index (χ1n) is 7.77. The minimum Gasteiger partial charge on any atom is -0.469 e. The lowest BCUT2D eigenvalue weighted by atomic mass is 9.99. The highest BCUT2D eigenvalue weighted by atomic mass is 35.5. The summed E-state index contributed by atoms with van der Waals surface area (Å²) in [6, 6.07) is 7.84. The number of hydrogen-bond acceptors (Lipinski definition) is 3. The molecule has 0 saturated carbocycles.